The van der Waals surface area contributed by atoms with Crippen LogP contribution in [0.3, 0.4) is 0 Å². The van der Waals surface area contributed by atoms with E-state index in [0.29, 0.717) is 13.0 Å². The molecule has 2 N–H and O–H groups in total. The van der Waals surface area contributed by atoms with E-state index < -0.39 is 0 Å². The summed E-state index contributed by atoms with van der Waals surface area (Å²) in [4.78, 5) is 11.1. The van der Waals surface area contributed by atoms with Gasteiger partial charge in [-0.25, -0.2) is 0 Å². The normalized spacial score (nSPS) is 18.9. The number of carbonyl (C=O) groups excluding carboxylic acids is 1. The molecule has 1 aromatic rings. The van der Waals surface area contributed by atoms with E-state index >= 15 is 0 Å². The molecule has 1 unspecified atom stereocenters. The fraction of sp³-hybridized carbons (Fsp3) is 0.533. The summed E-state index contributed by atoms with van der Waals surface area (Å²) in [6.07, 6.45) is 1.27. The number of hydrogen-bond acceptors (Lipinski definition) is 2. The van der Waals surface area contributed by atoms with Crippen molar-refractivity contribution in [3.8, 4) is 5.75 Å². The van der Waals surface area contributed by atoms with E-state index in [1.165, 1.54) is 5.56 Å². The summed E-state index contributed by atoms with van der Waals surface area (Å²) < 4.78 is 5.65. The van der Waals surface area contributed by atoms with Crippen LogP contribution in [0.1, 0.15) is 50.7 Å². The van der Waals surface area contributed by atoms with Gasteiger partial charge < -0.3 is 10.5 Å². The van der Waals surface area contributed by atoms with Crippen molar-refractivity contribution in [2.24, 2.45) is 5.73 Å². The van der Waals surface area contributed by atoms with Gasteiger partial charge in [0.15, 0.2) is 0 Å². The second-order valence-corrected chi connectivity index (χ2v) is 6.01. The summed E-state index contributed by atoms with van der Waals surface area (Å²) in [6, 6.07) is 6.29. The zero-order chi connectivity index (χ0) is 13.3. The molecule has 1 aromatic carbocycles. The summed E-state index contributed by atoms with van der Waals surface area (Å²) in [6.45, 7) is 7.21. The van der Waals surface area contributed by atoms with E-state index in [9.17, 15) is 4.79 Å². The third kappa shape index (κ3) is 2.66. The van der Waals surface area contributed by atoms with E-state index in [1.807, 2.05) is 6.07 Å². The first-order valence-electron chi connectivity index (χ1n) is 6.43. The maximum atomic E-state index is 11.1. The van der Waals surface area contributed by atoms with Crippen LogP contribution in [0.2, 0.25) is 0 Å². The molecule has 1 atom stereocenters. The summed E-state index contributed by atoms with van der Waals surface area (Å²) in [5.41, 5.74) is 7.82. The van der Waals surface area contributed by atoms with Gasteiger partial charge in [0.1, 0.15) is 5.75 Å². The lowest BCUT2D eigenvalue weighted by Gasteiger charge is -2.28. The van der Waals surface area contributed by atoms with Crippen molar-refractivity contribution >= 4 is 5.91 Å². The molecule has 2 rings (SSSR count). The van der Waals surface area contributed by atoms with Crippen LogP contribution >= 0.6 is 0 Å². The lowest BCUT2D eigenvalue weighted by molar-refractivity contribution is -0.118. The highest BCUT2D eigenvalue weighted by atomic mass is 16.5. The van der Waals surface area contributed by atoms with Gasteiger partial charge >= 0.3 is 0 Å². The van der Waals surface area contributed by atoms with Crippen molar-refractivity contribution < 1.29 is 9.53 Å². The lowest BCUT2D eigenvalue weighted by atomic mass is 9.82. The van der Waals surface area contributed by atoms with Crippen LogP contribution in [-0.2, 0) is 10.2 Å². The topological polar surface area (TPSA) is 52.3 Å². The minimum atomic E-state index is -0.242. The molecule has 0 spiro atoms. The lowest BCUT2D eigenvalue weighted by Crippen LogP contribution is -2.22. The first kappa shape index (κ1) is 12.9. The van der Waals surface area contributed by atoms with Gasteiger partial charge in [0, 0.05) is 6.42 Å². The molecule has 0 saturated carbocycles. The second kappa shape index (κ2) is 4.63. The molecular formula is C15H21NO2. The third-order valence-corrected chi connectivity index (χ3v) is 3.49. The number of hydrogen-bond donors (Lipinski definition) is 1. The number of rotatable bonds is 2. The molecule has 0 bridgehead atoms. The van der Waals surface area contributed by atoms with Crippen molar-refractivity contribution in [2.45, 2.75) is 44.9 Å². The molecule has 0 saturated heterocycles. The number of fused-ring (bicyclic) bond motifs is 1. The monoisotopic (exact) mass is 247 g/mol. The van der Waals surface area contributed by atoms with Crippen molar-refractivity contribution in [1.82, 2.24) is 0 Å². The van der Waals surface area contributed by atoms with Gasteiger partial charge in [0.2, 0.25) is 5.91 Å². The minimum Gasteiger partial charge on any atom is -0.493 e. The van der Waals surface area contributed by atoms with Crippen molar-refractivity contribution in [2.75, 3.05) is 6.61 Å². The molecule has 98 valence electrons. The van der Waals surface area contributed by atoms with Crippen molar-refractivity contribution in [3.05, 3.63) is 29.3 Å². The van der Waals surface area contributed by atoms with E-state index in [1.54, 1.807) is 0 Å². The first-order chi connectivity index (χ1) is 8.38. The van der Waals surface area contributed by atoms with Crippen LogP contribution in [0.4, 0.5) is 0 Å². The van der Waals surface area contributed by atoms with Crippen molar-refractivity contribution in [1.29, 1.82) is 0 Å². The SMILES string of the molecule is CC(C)(C)c1ccc2c(c1)C(CC(N)=O)CCO2. The average Bonchev–Trinajstić information content (AvgIpc) is 2.27. The quantitative estimate of drug-likeness (QED) is 0.873. The van der Waals surface area contributed by atoms with Crippen LogP contribution in [0, 0.1) is 0 Å². The minimum absolute atomic E-state index is 0.101. The largest absolute Gasteiger partial charge is 0.493 e. The number of amides is 1. The first-order valence-corrected chi connectivity index (χ1v) is 6.43. The Morgan fingerprint density at radius 3 is 2.78 bits per heavy atom. The molecule has 0 radical (unpaired) electrons. The smallest absolute Gasteiger partial charge is 0.218 e. The molecule has 0 fully saturated rings. The molecule has 0 aromatic heterocycles. The fourth-order valence-corrected chi connectivity index (χ4v) is 2.39. The zero-order valence-corrected chi connectivity index (χ0v) is 11.3. The second-order valence-electron chi connectivity index (χ2n) is 6.01. The Balaban J connectivity index is 2.38. The summed E-state index contributed by atoms with van der Waals surface area (Å²) in [7, 11) is 0. The highest BCUT2D eigenvalue weighted by Gasteiger charge is 2.25. The van der Waals surface area contributed by atoms with E-state index in [2.05, 4.69) is 32.9 Å². The van der Waals surface area contributed by atoms with Crippen molar-refractivity contribution in [3.63, 3.8) is 0 Å². The summed E-state index contributed by atoms with van der Waals surface area (Å²) >= 11 is 0. The van der Waals surface area contributed by atoms with Gasteiger partial charge in [0.25, 0.3) is 0 Å². The maximum absolute atomic E-state index is 11.1. The molecule has 3 heteroatoms. The van der Waals surface area contributed by atoms with Crippen LogP contribution in [-0.4, -0.2) is 12.5 Å². The van der Waals surface area contributed by atoms with Gasteiger partial charge in [0.05, 0.1) is 6.61 Å². The van der Waals surface area contributed by atoms with Crippen LogP contribution < -0.4 is 10.5 Å². The van der Waals surface area contributed by atoms with Gasteiger partial charge in [-0.1, -0.05) is 32.9 Å². The molecule has 0 aliphatic carbocycles. The Morgan fingerprint density at radius 2 is 2.17 bits per heavy atom. The van der Waals surface area contributed by atoms with Gasteiger partial charge in [-0.05, 0) is 34.9 Å². The highest BCUT2D eigenvalue weighted by molar-refractivity contribution is 5.75. The highest BCUT2D eigenvalue weighted by Crippen LogP contribution is 2.38. The van der Waals surface area contributed by atoms with Gasteiger partial charge in [-0.3, -0.25) is 4.79 Å². The van der Waals surface area contributed by atoms with Crippen LogP contribution in [0.25, 0.3) is 0 Å². The van der Waals surface area contributed by atoms with Crippen LogP contribution in [0.5, 0.6) is 5.75 Å². The number of benzene rings is 1. The molecule has 1 aliphatic rings. The van der Waals surface area contributed by atoms with E-state index in [0.717, 1.165) is 17.7 Å². The van der Waals surface area contributed by atoms with Gasteiger partial charge in [-0.2, -0.15) is 0 Å². The van der Waals surface area contributed by atoms with Gasteiger partial charge in [-0.15, -0.1) is 0 Å². The maximum Gasteiger partial charge on any atom is 0.218 e. The van der Waals surface area contributed by atoms with E-state index in [4.69, 9.17) is 10.5 Å². The molecule has 1 heterocycles. The Morgan fingerprint density at radius 1 is 1.44 bits per heavy atom. The third-order valence-electron chi connectivity index (χ3n) is 3.49. The summed E-state index contributed by atoms with van der Waals surface area (Å²) in [5, 5.41) is 0. The zero-order valence-electron chi connectivity index (χ0n) is 11.3. The number of ether oxygens (including phenoxy) is 1. The predicted molar refractivity (Wildman–Crippen MR) is 71.8 cm³/mol. The Hall–Kier alpha value is -1.51. The fourth-order valence-electron chi connectivity index (χ4n) is 2.39. The Kier molecular flexibility index (Phi) is 3.33. The molecule has 1 amide bonds. The molecule has 3 nitrogen and oxygen atoms in total. The standard InChI is InChI=1S/C15H21NO2/c1-15(2,3)11-4-5-13-12(9-11)10(6-7-18-13)8-14(16)17/h4-5,9-10H,6-8H2,1-3H3,(H2,16,17). The Labute approximate surface area is 108 Å². The number of carbonyl (C=O) groups is 1. The molecular weight excluding hydrogens is 226 g/mol. The van der Waals surface area contributed by atoms with E-state index in [-0.39, 0.29) is 17.2 Å². The average molecular weight is 247 g/mol. The number of nitrogens with two attached hydrogens (primary N) is 1. The summed E-state index contributed by atoms with van der Waals surface area (Å²) in [5.74, 6) is 0.864. The molecule has 1 aliphatic heterocycles. The van der Waals surface area contributed by atoms with Crippen LogP contribution in [0.15, 0.2) is 18.2 Å². The number of primary amides is 1. The molecule has 18 heavy (non-hydrogen) atoms. The Bertz CT molecular complexity index is 460. The predicted octanol–water partition coefficient (Wildman–Crippen LogP) is 2.73.